The maximum Gasteiger partial charge on any atom is 0.326 e. The quantitative estimate of drug-likeness (QED) is 0.836. The number of ether oxygens (including phenoxy) is 1. The molecule has 1 aliphatic carbocycles. The molecule has 1 aliphatic heterocycles. The molecule has 1 heterocycles. The van der Waals surface area contributed by atoms with Crippen LogP contribution in [0.4, 0.5) is 0 Å². The molecule has 2 fully saturated rings. The van der Waals surface area contributed by atoms with Crippen LogP contribution >= 0.6 is 0 Å². The van der Waals surface area contributed by atoms with Crippen molar-refractivity contribution < 1.29 is 19.4 Å². The van der Waals surface area contributed by atoms with E-state index in [0.717, 1.165) is 32.1 Å². The number of carboxylic acid groups (broad SMARTS) is 1. The summed E-state index contributed by atoms with van der Waals surface area (Å²) in [5.74, 6) is -0.750. The lowest BCUT2D eigenvalue weighted by Gasteiger charge is -2.39. The van der Waals surface area contributed by atoms with E-state index >= 15 is 0 Å². The Kier molecular flexibility index (Phi) is 5.48. The predicted octanol–water partition coefficient (Wildman–Crippen LogP) is 2.44. The first-order valence-corrected chi connectivity index (χ1v) is 8.39. The molecule has 4 unspecified atom stereocenters. The van der Waals surface area contributed by atoms with Crippen LogP contribution in [0, 0.1) is 23.2 Å². The third-order valence-corrected chi connectivity index (χ3v) is 4.99. The molecule has 0 bridgehead atoms. The van der Waals surface area contributed by atoms with E-state index in [0.29, 0.717) is 19.1 Å². The molecule has 0 aromatic heterocycles. The fourth-order valence-corrected chi connectivity index (χ4v) is 4.23. The molecule has 0 aromatic carbocycles. The van der Waals surface area contributed by atoms with Crippen LogP contribution in [0.1, 0.15) is 52.9 Å². The van der Waals surface area contributed by atoms with Gasteiger partial charge in [-0.1, -0.05) is 20.8 Å². The minimum atomic E-state index is -0.952. The number of hydrogen-bond donors (Lipinski definition) is 2. The summed E-state index contributed by atoms with van der Waals surface area (Å²) in [5.41, 5.74) is 0.145. The monoisotopic (exact) mass is 311 g/mol. The zero-order chi connectivity index (χ0) is 16.3. The summed E-state index contributed by atoms with van der Waals surface area (Å²) in [5, 5.41) is 12.3. The highest BCUT2D eigenvalue weighted by molar-refractivity contribution is 5.85. The first kappa shape index (κ1) is 17.3. The second kappa shape index (κ2) is 6.99. The molecule has 0 radical (unpaired) electrons. The summed E-state index contributed by atoms with van der Waals surface area (Å²) in [6.45, 7) is 7.65. The lowest BCUT2D eigenvalue weighted by atomic mass is 9.68. The fourth-order valence-electron chi connectivity index (χ4n) is 4.23. The molecule has 4 atom stereocenters. The van der Waals surface area contributed by atoms with Crippen LogP contribution < -0.4 is 5.32 Å². The molecule has 2 rings (SSSR count). The van der Waals surface area contributed by atoms with Crippen molar-refractivity contribution in [3.05, 3.63) is 0 Å². The van der Waals surface area contributed by atoms with Crippen molar-refractivity contribution in [2.75, 3.05) is 13.2 Å². The van der Waals surface area contributed by atoms with E-state index in [1.54, 1.807) is 0 Å². The van der Waals surface area contributed by atoms with Gasteiger partial charge in [0.1, 0.15) is 6.04 Å². The number of rotatable bonds is 4. The highest BCUT2D eigenvalue weighted by Gasteiger charge is 2.38. The van der Waals surface area contributed by atoms with E-state index in [2.05, 4.69) is 26.1 Å². The van der Waals surface area contributed by atoms with Gasteiger partial charge in [-0.3, -0.25) is 4.79 Å². The van der Waals surface area contributed by atoms with Crippen molar-refractivity contribution in [2.24, 2.45) is 23.2 Å². The van der Waals surface area contributed by atoms with Crippen LogP contribution in [-0.4, -0.2) is 36.2 Å². The second-order valence-corrected chi connectivity index (χ2v) is 7.91. The molecule has 0 spiro atoms. The fraction of sp³-hybridized carbons (Fsp3) is 0.882. The van der Waals surface area contributed by atoms with Crippen molar-refractivity contribution >= 4 is 11.9 Å². The maximum absolute atomic E-state index is 12.6. The number of carbonyl (C=O) groups excluding carboxylic acids is 1. The Morgan fingerprint density at radius 3 is 2.59 bits per heavy atom. The van der Waals surface area contributed by atoms with Gasteiger partial charge in [-0.25, -0.2) is 4.79 Å². The highest BCUT2D eigenvalue weighted by atomic mass is 16.5. The Hall–Kier alpha value is -1.10. The Morgan fingerprint density at radius 2 is 2.05 bits per heavy atom. The van der Waals surface area contributed by atoms with Crippen molar-refractivity contribution in [3.63, 3.8) is 0 Å². The SMILES string of the molecule is CC1CC(C(=O)NC(C(=O)O)C2CCCOC2)CC(C)(C)C1. The topological polar surface area (TPSA) is 75.6 Å². The first-order chi connectivity index (χ1) is 10.3. The summed E-state index contributed by atoms with van der Waals surface area (Å²) < 4.78 is 5.38. The van der Waals surface area contributed by atoms with Crippen LogP contribution in [0.5, 0.6) is 0 Å². The zero-order valence-electron chi connectivity index (χ0n) is 13.9. The number of nitrogens with one attached hydrogen (secondary N) is 1. The Labute approximate surface area is 132 Å². The van der Waals surface area contributed by atoms with E-state index in [4.69, 9.17) is 4.74 Å². The molecule has 2 aliphatic rings. The summed E-state index contributed by atoms with van der Waals surface area (Å²) in [7, 11) is 0. The minimum absolute atomic E-state index is 0.0786. The Balaban J connectivity index is 1.99. The number of hydrogen-bond acceptors (Lipinski definition) is 3. The van der Waals surface area contributed by atoms with Gasteiger partial charge in [-0.2, -0.15) is 0 Å². The van der Waals surface area contributed by atoms with Crippen LogP contribution in [0.15, 0.2) is 0 Å². The van der Waals surface area contributed by atoms with Gasteiger partial charge in [0.15, 0.2) is 0 Å². The summed E-state index contributed by atoms with van der Waals surface area (Å²) in [6, 6.07) is -0.826. The molecule has 126 valence electrons. The van der Waals surface area contributed by atoms with Crippen molar-refractivity contribution in [3.8, 4) is 0 Å². The highest BCUT2D eigenvalue weighted by Crippen LogP contribution is 2.41. The summed E-state index contributed by atoms with van der Waals surface area (Å²) in [4.78, 5) is 24.1. The molecule has 22 heavy (non-hydrogen) atoms. The minimum Gasteiger partial charge on any atom is -0.480 e. The van der Waals surface area contributed by atoms with Gasteiger partial charge in [0.2, 0.25) is 5.91 Å². The summed E-state index contributed by atoms with van der Waals surface area (Å²) in [6.07, 6.45) is 4.46. The van der Waals surface area contributed by atoms with E-state index in [9.17, 15) is 14.7 Å². The molecule has 2 N–H and O–H groups in total. The van der Waals surface area contributed by atoms with Gasteiger partial charge in [0.25, 0.3) is 0 Å². The lowest BCUT2D eigenvalue weighted by molar-refractivity contribution is -0.146. The van der Waals surface area contributed by atoms with Crippen LogP contribution in [0.3, 0.4) is 0 Å². The number of carboxylic acids is 1. The standard InChI is InChI=1S/C17H29NO4/c1-11-7-13(9-17(2,3)8-11)15(19)18-14(16(20)21)12-5-4-6-22-10-12/h11-14H,4-10H2,1-3H3,(H,18,19)(H,20,21). The third-order valence-electron chi connectivity index (χ3n) is 4.99. The molecule has 1 saturated heterocycles. The van der Waals surface area contributed by atoms with Gasteiger partial charge in [0.05, 0.1) is 6.61 Å². The van der Waals surface area contributed by atoms with E-state index in [1.165, 1.54) is 0 Å². The van der Waals surface area contributed by atoms with Crippen LogP contribution in [0.25, 0.3) is 0 Å². The van der Waals surface area contributed by atoms with E-state index in [-0.39, 0.29) is 23.2 Å². The molecule has 5 heteroatoms. The normalized spacial score (nSPS) is 33.0. The van der Waals surface area contributed by atoms with Crippen molar-refractivity contribution in [2.45, 2.75) is 58.9 Å². The van der Waals surface area contributed by atoms with Gasteiger partial charge in [-0.15, -0.1) is 0 Å². The van der Waals surface area contributed by atoms with Gasteiger partial charge in [0, 0.05) is 18.4 Å². The molecule has 0 aromatic rings. The maximum atomic E-state index is 12.6. The smallest absolute Gasteiger partial charge is 0.326 e. The van der Waals surface area contributed by atoms with Gasteiger partial charge >= 0.3 is 5.97 Å². The summed E-state index contributed by atoms with van der Waals surface area (Å²) >= 11 is 0. The first-order valence-electron chi connectivity index (χ1n) is 8.39. The molecule has 1 amide bonds. The molecule has 5 nitrogen and oxygen atoms in total. The second-order valence-electron chi connectivity index (χ2n) is 7.91. The number of carbonyl (C=O) groups is 2. The van der Waals surface area contributed by atoms with Gasteiger partial charge < -0.3 is 15.2 Å². The number of aliphatic carboxylic acids is 1. The van der Waals surface area contributed by atoms with Crippen molar-refractivity contribution in [1.82, 2.24) is 5.32 Å². The largest absolute Gasteiger partial charge is 0.480 e. The lowest BCUT2D eigenvalue weighted by Crippen LogP contribution is -2.51. The van der Waals surface area contributed by atoms with E-state index < -0.39 is 12.0 Å². The average molecular weight is 311 g/mol. The number of amides is 1. The Morgan fingerprint density at radius 1 is 1.32 bits per heavy atom. The van der Waals surface area contributed by atoms with Crippen molar-refractivity contribution in [1.29, 1.82) is 0 Å². The Bertz CT molecular complexity index is 415. The molecule has 1 saturated carbocycles. The molecular weight excluding hydrogens is 282 g/mol. The molecular formula is C17H29NO4. The predicted molar refractivity (Wildman–Crippen MR) is 83.4 cm³/mol. The van der Waals surface area contributed by atoms with Gasteiger partial charge in [-0.05, 0) is 43.4 Å². The van der Waals surface area contributed by atoms with E-state index in [1.807, 2.05) is 0 Å². The van der Waals surface area contributed by atoms with Crippen LogP contribution in [-0.2, 0) is 14.3 Å². The zero-order valence-corrected chi connectivity index (χ0v) is 13.9. The third kappa shape index (κ3) is 4.45. The van der Waals surface area contributed by atoms with Crippen LogP contribution in [0.2, 0.25) is 0 Å². The average Bonchev–Trinajstić information content (AvgIpc) is 2.43.